The Morgan fingerprint density at radius 2 is 2.18 bits per heavy atom. The number of carboxylic acids is 1. The second-order valence-electron chi connectivity index (χ2n) is 3.84. The molecule has 5 heteroatoms. The maximum atomic E-state index is 11.0. The Hall–Kier alpha value is -1.36. The van der Waals surface area contributed by atoms with Crippen LogP contribution in [0.15, 0.2) is 17.0 Å². The van der Waals surface area contributed by atoms with Gasteiger partial charge in [0.25, 0.3) is 0 Å². The molecular weight excluding hydrogens is 240 g/mol. The van der Waals surface area contributed by atoms with Crippen LogP contribution in [-0.4, -0.2) is 31.0 Å². The summed E-state index contributed by atoms with van der Waals surface area (Å²) in [5, 5.41) is 9.02. The molecule has 17 heavy (non-hydrogen) atoms. The van der Waals surface area contributed by atoms with Crippen molar-refractivity contribution in [2.75, 3.05) is 20.0 Å². The number of aliphatic carboxylic acids is 1. The molecule has 0 aromatic heterocycles. The van der Waals surface area contributed by atoms with E-state index in [2.05, 4.69) is 0 Å². The molecule has 0 amide bonds. The van der Waals surface area contributed by atoms with Crippen molar-refractivity contribution < 1.29 is 19.4 Å². The molecule has 1 atom stereocenters. The van der Waals surface area contributed by atoms with Crippen LogP contribution >= 0.6 is 11.8 Å². The molecule has 2 rings (SSSR count). The number of carbonyl (C=O) groups is 1. The van der Waals surface area contributed by atoms with E-state index in [1.807, 2.05) is 12.1 Å². The standard InChI is InChI=1S/C12H14O4S/c1-15-9-4-3-7-5-8(12(13)14)6-17-11(7)10(9)16-2/h3-4,8H,5-6H2,1-2H3,(H,13,14). The molecule has 1 N–H and O–H groups in total. The van der Waals surface area contributed by atoms with Crippen LogP contribution in [0, 0.1) is 5.92 Å². The number of hydrogen-bond donors (Lipinski definition) is 1. The van der Waals surface area contributed by atoms with E-state index in [9.17, 15) is 4.79 Å². The van der Waals surface area contributed by atoms with Crippen LogP contribution < -0.4 is 9.47 Å². The molecule has 1 aliphatic heterocycles. The van der Waals surface area contributed by atoms with Crippen LogP contribution in [0.3, 0.4) is 0 Å². The molecule has 0 saturated carbocycles. The fourth-order valence-corrected chi connectivity index (χ4v) is 3.21. The minimum Gasteiger partial charge on any atom is -0.493 e. The van der Waals surface area contributed by atoms with Gasteiger partial charge in [-0.2, -0.15) is 0 Å². The number of methoxy groups -OCH3 is 2. The van der Waals surface area contributed by atoms with Crippen LogP contribution in [0.5, 0.6) is 11.5 Å². The fourth-order valence-electron chi connectivity index (χ4n) is 1.93. The third-order valence-corrected chi connectivity index (χ3v) is 4.13. The van der Waals surface area contributed by atoms with Crippen LogP contribution in [0.2, 0.25) is 0 Å². The third kappa shape index (κ3) is 2.20. The second-order valence-corrected chi connectivity index (χ2v) is 4.87. The van der Waals surface area contributed by atoms with Crippen molar-refractivity contribution in [3.05, 3.63) is 17.7 Å². The normalized spacial score (nSPS) is 18.4. The number of ether oxygens (including phenoxy) is 2. The number of rotatable bonds is 3. The average molecular weight is 254 g/mol. The molecule has 1 aliphatic rings. The molecule has 92 valence electrons. The van der Waals surface area contributed by atoms with Crippen molar-refractivity contribution in [3.8, 4) is 11.5 Å². The van der Waals surface area contributed by atoms with Gasteiger partial charge in [0.1, 0.15) is 0 Å². The first-order chi connectivity index (χ1) is 8.17. The molecule has 0 bridgehead atoms. The fraction of sp³-hybridized carbons (Fsp3) is 0.417. The van der Waals surface area contributed by atoms with Crippen LogP contribution in [0.4, 0.5) is 0 Å². The molecule has 1 aromatic carbocycles. The Labute approximate surface area is 104 Å². The van der Waals surface area contributed by atoms with Gasteiger partial charge in [-0.05, 0) is 18.1 Å². The summed E-state index contributed by atoms with van der Waals surface area (Å²) >= 11 is 1.52. The van der Waals surface area contributed by atoms with Gasteiger partial charge in [-0.15, -0.1) is 11.8 Å². The van der Waals surface area contributed by atoms with E-state index >= 15 is 0 Å². The Bertz CT molecular complexity index is 444. The molecule has 0 fully saturated rings. The quantitative estimate of drug-likeness (QED) is 0.894. The first-order valence-corrected chi connectivity index (χ1v) is 6.25. The maximum Gasteiger partial charge on any atom is 0.307 e. The minimum atomic E-state index is -0.738. The van der Waals surface area contributed by atoms with Crippen LogP contribution in [0.1, 0.15) is 5.56 Å². The maximum absolute atomic E-state index is 11.0. The van der Waals surface area contributed by atoms with Gasteiger partial charge in [-0.3, -0.25) is 4.79 Å². The molecule has 1 aromatic rings. The SMILES string of the molecule is COc1ccc2c(c1OC)SCC(C(=O)O)C2. The van der Waals surface area contributed by atoms with Gasteiger partial charge in [0, 0.05) is 5.75 Å². The molecular formula is C12H14O4S. The molecule has 0 aliphatic carbocycles. The van der Waals surface area contributed by atoms with Gasteiger partial charge in [0.05, 0.1) is 25.0 Å². The lowest BCUT2D eigenvalue weighted by Gasteiger charge is -2.23. The Kier molecular flexibility index (Phi) is 3.47. The second kappa shape index (κ2) is 4.87. The zero-order chi connectivity index (χ0) is 12.4. The van der Waals surface area contributed by atoms with Gasteiger partial charge < -0.3 is 14.6 Å². The lowest BCUT2D eigenvalue weighted by molar-refractivity contribution is -0.140. The number of benzene rings is 1. The van der Waals surface area contributed by atoms with E-state index < -0.39 is 5.97 Å². The highest BCUT2D eigenvalue weighted by Gasteiger charge is 2.28. The summed E-state index contributed by atoms with van der Waals surface area (Å²) in [6.45, 7) is 0. The van der Waals surface area contributed by atoms with Gasteiger partial charge in [0.15, 0.2) is 11.5 Å². The number of fused-ring (bicyclic) bond motifs is 1. The number of thioether (sulfide) groups is 1. The molecule has 0 spiro atoms. The minimum absolute atomic E-state index is 0.314. The molecule has 1 unspecified atom stereocenters. The Balaban J connectivity index is 2.38. The first kappa shape index (κ1) is 12.1. The predicted molar refractivity (Wildman–Crippen MR) is 65.1 cm³/mol. The summed E-state index contributed by atoms with van der Waals surface area (Å²) in [5.41, 5.74) is 1.02. The number of carboxylic acid groups (broad SMARTS) is 1. The Morgan fingerprint density at radius 1 is 1.41 bits per heavy atom. The molecule has 0 saturated heterocycles. The highest BCUT2D eigenvalue weighted by atomic mass is 32.2. The van der Waals surface area contributed by atoms with E-state index in [-0.39, 0.29) is 5.92 Å². The van der Waals surface area contributed by atoms with E-state index in [1.165, 1.54) is 11.8 Å². The van der Waals surface area contributed by atoms with Gasteiger partial charge in [0.2, 0.25) is 0 Å². The largest absolute Gasteiger partial charge is 0.493 e. The summed E-state index contributed by atoms with van der Waals surface area (Å²) < 4.78 is 10.6. The summed E-state index contributed by atoms with van der Waals surface area (Å²) in [4.78, 5) is 12.0. The van der Waals surface area contributed by atoms with Gasteiger partial charge >= 0.3 is 5.97 Å². The molecule has 4 nitrogen and oxygen atoms in total. The van der Waals surface area contributed by atoms with Crippen molar-refractivity contribution in [3.63, 3.8) is 0 Å². The highest BCUT2D eigenvalue weighted by molar-refractivity contribution is 7.99. The van der Waals surface area contributed by atoms with Crippen LogP contribution in [0.25, 0.3) is 0 Å². The third-order valence-electron chi connectivity index (χ3n) is 2.83. The molecule has 1 heterocycles. The van der Waals surface area contributed by atoms with Gasteiger partial charge in [-0.1, -0.05) is 6.07 Å². The first-order valence-electron chi connectivity index (χ1n) is 5.26. The lowest BCUT2D eigenvalue weighted by atomic mass is 10.00. The van der Waals surface area contributed by atoms with E-state index in [0.29, 0.717) is 23.7 Å². The van der Waals surface area contributed by atoms with Crippen molar-refractivity contribution in [2.45, 2.75) is 11.3 Å². The van der Waals surface area contributed by atoms with Crippen molar-refractivity contribution in [1.29, 1.82) is 0 Å². The Morgan fingerprint density at radius 3 is 2.76 bits per heavy atom. The molecule has 0 radical (unpaired) electrons. The highest BCUT2D eigenvalue weighted by Crippen LogP contribution is 2.44. The predicted octanol–water partition coefficient (Wildman–Crippen LogP) is 2.05. The topological polar surface area (TPSA) is 55.8 Å². The summed E-state index contributed by atoms with van der Waals surface area (Å²) in [6, 6.07) is 3.74. The summed E-state index contributed by atoms with van der Waals surface area (Å²) in [6.07, 6.45) is 0.554. The monoisotopic (exact) mass is 254 g/mol. The van der Waals surface area contributed by atoms with Crippen molar-refractivity contribution in [1.82, 2.24) is 0 Å². The zero-order valence-corrected chi connectivity index (χ0v) is 10.5. The van der Waals surface area contributed by atoms with E-state index in [4.69, 9.17) is 14.6 Å². The van der Waals surface area contributed by atoms with E-state index in [0.717, 1.165) is 10.5 Å². The van der Waals surface area contributed by atoms with Crippen molar-refractivity contribution >= 4 is 17.7 Å². The summed E-state index contributed by atoms with van der Waals surface area (Å²) in [5.74, 6) is 0.918. The van der Waals surface area contributed by atoms with E-state index in [1.54, 1.807) is 14.2 Å². The zero-order valence-electron chi connectivity index (χ0n) is 9.73. The van der Waals surface area contributed by atoms with Crippen LogP contribution in [-0.2, 0) is 11.2 Å². The average Bonchev–Trinajstić information content (AvgIpc) is 2.36. The lowest BCUT2D eigenvalue weighted by Crippen LogP contribution is -2.22. The smallest absolute Gasteiger partial charge is 0.307 e. The van der Waals surface area contributed by atoms with Gasteiger partial charge in [-0.25, -0.2) is 0 Å². The number of hydrogen-bond acceptors (Lipinski definition) is 4. The summed E-state index contributed by atoms with van der Waals surface area (Å²) in [7, 11) is 3.19. The van der Waals surface area contributed by atoms with Crippen molar-refractivity contribution in [2.24, 2.45) is 5.92 Å².